The number of nitrogens with one attached hydrogen (secondary N) is 2. The highest BCUT2D eigenvalue weighted by Gasteiger charge is 2.55. The van der Waals surface area contributed by atoms with Gasteiger partial charge < -0.3 is 34.9 Å². The summed E-state index contributed by atoms with van der Waals surface area (Å²) in [5.74, 6) is 0.335. The summed E-state index contributed by atoms with van der Waals surface area (Å²) in [4.78, 5) is 80.3. The van der Waals surface area contributed by atoms with Crippen molar-refractivity contribution in [2.24, 2.45) is 22.7 Å². The lowest BCUT2D eigenvalue weighted by atomic mass is 9.53. The summed E-state index contributed by atoms with van der Waals surface area (Å²) < 4.78 is 6.40. The number of likely N-dealkylation sites (N-methyl/N-ethyl adjacent to an activating group) is 1. The first-order valence-corrected chi connectivity index (χ1v) is 24.2. The highest BCUT2D eigenvalue weighted by atomic mass is 16.5. The maximum Gasteiger partial charge on any atom is 0.257 e. The van der Waals surface area contributed by atoms with Crippen LogP contribution in [0.1, 0.15) is 94.6 Å². The molecular weight excluding hydrogens is 873 g/mol. The Labute approximate surface area is 410 Å². The Morgan fingerprint density at radius 2 is 1.54 bits per heavy atom. The van der Waals surface area contributed by atoms with Crippen molar-refractivity contribution in [3.63, 3.8) is 0 Å². The molecule has 2 saturated heterocycles. The van der Waals surface area contributed by atoms with Crippen LogP contribution in [0.25, 0.3) is 6.08 Å². The molecule has 0 aromatic heterocycles. The Kier molecular flexibility index (Phi) is 20.9. The predicted molar refractivity (Wildman–Crippen MR) is 273 cm³/mol. The summed E-state index contributed by atoms with van der Waals surface area (Å²) in [5, 5.41) is 14.6. The molecule has 2 aromatic rings. The molecule has 69 heavy (non-hydrogen) atoms. The van der Waals surface area contributed by atoms with E-state index < -0.39 is 17.9 Å². The zero-order chi connectivity index (χ0) is 50.9. The number of aldehydes is 3. The zero-order valence-electron chi connectivity index (χ0n) is 42.6. The summed E-state index contributed by atoms with van der Waals surface area (Å²) in [7, 11) is 8.97. The third-order valence-corrected chi connectivity index (χ3v) is 13.5. The van der Waals surface area contributed by atoms with Crippen LogP contribution in [0.4, 0.5) is 11.4 Å². The highest BCUT2D eigenvalue weighted by molar-refractivity contribution is 6.03. The molecule has 3 fully saturated rings. The number of nitrogens with zero attached hydrogens (tertiary/aromatic N) is 6. The van der Waals surface area contributed by atoms with E-state index in [1.54, 1.807) is 18.2 Å². The van der Waals surface area contributed by atoms with Crippen LogP contribution < -0.4 is 25.2 Å². The molecule has 2 atom stereocenters. The van der Waals surface area contributed by atoms with Crippen LogP contribution in [0.3, 0.4) is 0 Å². The second kappa shape index (κ2) is 26.0. The summed E-state index contributed by atoms with van der Waals surface area (Å²) in [6.45, 7) is 17.8. The van der Waals surface area contributed by atoms with E-state index in [1.165, 1.54) is 24.5 Å². The van der Waals surface area contributed by atoms with Gasteiger partial charge in [0, 0.05) is 112 Å². The number of piperazine rings is 1. The van der Waals surface area contributed by atoms with Gasteiger partial charge in [-0.2, -0.15) is 5.26 Å². The van der Waals surface area contributed by atoms with E-state index in [2.05, 4.69) is 59.1 Å². The third-order valence-electron chi connectivity index (χ3n) is 13.5. The normalized spacial score (nSPS) is 19.3. The number of benzene rings is 2. The number of hydrogen-bond donors (Lipinski definition) is 2. The molecule has 0 radical (unpaired) electrons. The minimum atomic E-state index is -1.01. The highest BCUT2D eigenvalue weighted by Crippen LogP contribution is 2.56. The number of carbonyl (C=O) groups is 6. The van der Waals surface area contributed by atoms with Crippen LogP contribution in [-0.4, -0.2) is 145 Å². The monoisotopic (exact) mass is 949 g/mol. The van der Waals surface area contributed by atoms with E-state index in [1.807, 2.05) is 76.4 Å². The van der Waals surface area contributed by atoms with Gasteiger partial charge in [0.1, 0.15) is 42.8 Å². The number of rotatable bonds is 17. The maximum absolute atomic E-state index is 13.3. The molecule has 374 valence electrons. The lowest BCUT2D eigenvalue weighted by Gasteiger charge is -2.56. The second-order valence-electron chi connectivity index (χ2n) is 20.0. The SMILES string of the molecule is CN(C)c1c(C#N)ccc(OC2C(C)(C)CC2(C)C)c1/C=C\C=O.CNC.CNC(=O)C(CCC=O)N(C=O)C(=O)C1=CC=C(N2CCN(CC3CCN(c4ccc(C=O)cc4)CC3)CC2)CC1C. The number of ether oxygens (including phenoxy) is 1. The van der Waals surface area contributed by atoms with E-state index in [0.29, 0.717) is 47.5 Å². The molecule has 4 aliphatic rings. The van der Waals surface area contributed by atoms with Crippen molar-refractivity contribution in [3.8, 4) is 11.8 Å². The summed E-state index contributed by atoms with van der Waals surface area (Å²) >= 11 is 0. The minimum absolute atomic E-state index is 0.0799. The van der Waals surface area contributed by atoms with Crippen molar-refractivity contribution in [2.45, 2.75) is 85.3 Å². The van der Waals surface area contributed by atoms with Gasteiger partial charge in [0.2, 0.25) is 12.3 Å². The number of allylic oxidation sites excluding steroid dienone is 4. The number of hydrogen-bond acceptors (Lipinski definition) is 13. The Bertz CT molecular complexity index is 2200. The molecular formula is C54H76N8O7. The van der Waals surface area contributed by atoms with Crippen molar-refractivity contribution in [1.29, 1.82) is 5.26 Å². The van der Waals surface area contributed by atoms with Gasteiger partial charge in [-0.25, -0.2) is 0 Å². The fourth-order valence-electron chi connectivity index (χ4n) is 10.6. The van der Waals surface area contributed by atoms with Crippen LogP contribution in [0.5, 0.6) is 5.75 Å². The molecule has 0 bridgehead atoms. The van der Waals surface area contributed by atoms with E-state index >= 15 is 0 Å². The molecule has 15 nitrogen and oxygen atoms in total. The van der Waals surface area contributed by atoms with Gasteiger partial charge in [-0.05, 0) is 113 Å². The van der Waals surface area contributed by atoms with E-state index in [4.69, 9.17) is 4.74 Å². The Morgan fingerprint density at radius 1 is 0.899 bits per heavy atom. The summed E-state index contributed by atoms with van der Waals surface area (Å²) in [6.07, 6.45) is 14.0. The first-order chi connectivity index (χ1) is 32.9. The molecule has 2 N–H and O–H groups in total. The van der Waals surface area contributed by atoms with Gasteiger partial charge in [-0.1, -0.05) is 40.7 Å². The number of imide groups is 1. The minimum Gasteiger partial charge on any atom is -0.489 e. The Hall–Kier alpha value is -6.11. The Morgan fingerprint density at radius 3 is 2.04 bits per heavy atom. The lowest BCUT2D eigenvalue weighted by Crippen LogP contribution is -2.58. The molecule has 2 aromatic carbocycles. The quantitative estimate of drug-likeness (QED) is 0.137. The molecule has 2 heterocycles. The van der Waals surface area contributed by atoms with Crippen LogP contribution >= 0.6 is 0 Å². The van der Waals surface area contributed by atoms with Gasteiger partial charge in [0.05, 0.1) is 11.3 Å². The molecule has 3 amide bonds. The van der Waals surface area contributed by atoms with Crippen LogP contribution in [-0.2, 0) is 24.0 Å². The van der Waals surface area contributed by atoms with Crippen LogP contribution in [0.15, 0.2) is 65.9 Å². The van der Waals surface area contributed by atoms with Gasteiger partial charge >= 0.3 is 0 Å². The average Bonchev–Trinajstić information content (AvgIpc) is 3.33. The van der Waals surface area contributed by atoms with Crippen LogP contribution in [0.2, 0.25) is 0 Å². The average molecular weight is 949 g/mol. The number of amides is 3. The molecule has 1 saturated carbocycles. The number of carbonyl (C=O) groups excluding carboxylic acids is 6. The number of piperidine rings is 1. The topological polar surface area (TPSA) is 176 Å². The maximum atomic E-state index is 13.3. The van der Waals surface area contributed by atoms with E-state index in [-0.39, 0.29) is 35.7 Å². The van der Waals surface area contributed by atoms with Gasteiger partial charge in [-0.3, -0.25) is 33.8 Å². The fraction of sp³-hybridized carbons (Fsp3) is 0.537. The van der Waals surface area contributed by atoms with Crippen molar-refractivity contribution >= 4 is 54.5 Å². The summed E-state index contributed by atoms with van der Waals surface area (Å²) in [6, 6.07) is 12.6. The predicted octanol–water partition coefficient (Wildman–Crippen LogP) is 6.14. The van der Waals surface area contributed by atoms with Crippen molar-refractivity contribution in [1.82, 2.24) is 25.3 Å². The molecule has 2 unspecified atom stereocenters. The largest absolute Gasteiger partial charge is 0.489 e. The van der Waals surface area contributed by atoms with Gasteiger partial charge in [-0.15, -0.1) is 0 Å². The molecule has 6 rings (SSSR count). The molecule has 2 aliphatic heterocycles. The van der Waals surface area contributed by atoms with Crippen molar-refractivity contribution in [3.05, 3.63) is 82.6 Å². The zero-order valence-corrected chi connectivity index (χ0v) is 42.6. The first-order valence-electron chi connectivity index (χ1n) is 24.2. The van der Waals surface area contributed by atoms with Gasteiger partial charge in [0.25, 0.3) is 5.91 Å². The standard InChI is InChI=1S/C32H43N5O5.C20H26N2O2.C2H7N/c1-24-20-28(9-10-29(24)32(42)37(23-40)30(4-3-19-38)31(41)33-2)36-17-15-34(16-18-36)21-25-11-13-35(14-12-25)27-7-5-26(22-39)6-8-27;1-19(2)13-20(3,4)18(19)24-16-10-9-14(12-21)17(22(5)6)15(16)8-7-11-23;1-3-2/h5-10,19,22-25,30H,3-4,11-18,20-21H2,1-2H3,(H,33,41);7-11,18H,13H2,1-6H3;3H,1-2H3/b;8-7-;. The third kappa shape index (κ3) is 14.5. The first kappa shape index (κ1) is 55.5. The Balaban J connectivity index is 0.000000324. The molecule has 0 spiro atoms. The molecule has 15 heteroatoms. The van der Waals surface area contributed by atoms with E-state index in [0.717, 1.165) is 93.8 Å². The number of anilines is 2. The second-order valence-corrected chi connectivity index (χ2v) is 20.0. The molecule has 2 aliphatic carbocycles. The summed E-state index contributed by atoms with van der Waals surface area (Å²) in [5.41, 5.74) is 5.87. The number of nitriles is 1. The fourth-order valence-corrected chi connectivity index (χ4v) is 10.6. The lowest BCUT2D eigenvalue weighted by molar-refractivity contribution is -0.144. The van der Waals surface area contributed by atoms with Crippen LogP contribution in [0, 0.1) is 34.0 Å². The van der Waals surface area contributed by atoms with Crippen molar-refractivity contribution in [2.75, 3.05) is 90.9 Å². The van der Waals surface area contributed by atoms with E-state index in [9.17, 15) is 34.0 Å². The van der Waals surface area contributed by atoms with Gasteiger partial charge in [0.15, 0.2) is 0 Å². The van der Waals surface area contributed by atoms with Crippen molar-refractivity contribution < 1.29 is 33.5 Å². The smallest absolute Gasteiger partial charge is 0.257 e.